The van der Waals surface area contributed by atoms with Crippen LogP contribution in [0.2, 0.25) is 0 Å². The van der Waals surface area contributed by atoms with Gasteiger partial charge >= 0.3 is 5.97 Å². The third-order valence-corrected chi connectivity index (χ3v) is 3.59. The summed E-state index contributed by atoms with van der Waals surface area (Å²) < 4.78 is 4.63. The van der Waals surface area contributed by atoms with Crippen LogP contribution in [0, 0.1) is 0 Å². The van der Waals surface area contributed by atoms with Crippen LogP contribution in [0.4, 0.5) is 5.69 Å². The molecule has 1 aliphatic rings. The van der Waals surface area contributed by atoms with Gasteiger partial charge in [0, 0.05) is 36.5 Å². The number of carbonyl (C=O) groups is 2. The van der Waals surface area contributed by atoms with Gasteiger partial charge in [0.05, 0.1) is 12.7 Å². The maximum Gasteiger partial charge on any atom is 0.337 e. The van der Waals surface area contributed by atoms with E-state index in [2.05, 4.69) is 25.6 Å². The van der Waals surface area contributed by atoms with Crippen LogP contribution in [0.5, 0.6) is 0 Å². The summed E-state index contributed by atoms with van der Waals surface area (Å²) in [4.78, 5) is 23.7. The van der Waals surface area contributed by atoms with Gasteiger partial charge in [0.1, 0.15) is 0 Å². The number of methoxy groups -OCH3 is 1. The predicted molar refractivity (Wildman–Crippen MR) is 87.0 cm³/mol. The summed E-state index contributed by atoms with van der Waals surface area (Å²) in [5, 5.41) is 13.0. The van der Waals surface area contributed by atoms with Crippen LogP contribution in [0.1, 0.15) is 32.1 Å². The Bertz CT molecular complexity index is 712. The number of anilines is 1. The lowest BCUT2D eigenvalue weighted by Gasteiger charge is -2.12. The van der Waals surface area contributed by atoms with E-state index in [1.54, 1.807) is 24.3 Å². The Balaban J connectivity index is 0.00000192. The first-order chi connectivity index (χ1) is 10.7. The minimum Gasteiger partial charge on any atom is -0.465 e. The van der Waals surface area contributed by atoms with Crippen molar-refractivity contribution in [2.75, 3.05) is 19.0 Å². The van der Waals surface area contributed by atoms with Crippen molar-refractivity contribution >= 4 is 30.0 Å². The van der Waals surface area contributed by atoms with E-state index in [1.807, 2.05) is 0 Å². The molecule has 0 saturated carbocycles. The van der Waals surface area contributed by atoms with Gasteiger partial charge in [0.25, 0.3) is 5.91 Å². The lowest BCUT2D eigenvalue weighted by Crippen LogP contribution is -2.25. The Morgan fingerprint density at radius 2 is 2.00 bits per heavy atom. The minimum absolute atomic E-state index is 0. The zero-order valence-corrected chi connectivity index (χ0v) is 13.3. The molecule has 2 heterocycles. The monoisotopic (exact) mass is 336 g/mol. The van der Waals surface area contributed by atoms with E-state index in [4.69, 9.17) is 0 Å². The maximum atomic E-state index is 12.3. The summed E-state index contributed by atoms with van der Waals surface area (Å²) in [7, 11) is 1.33. The number of esters is 1. The van der Waals surface area contributed by atoms with Gasteiger partial charge in [0.15, 0.2) is 5.69 Å². The molecule has 1 aromatic carbocycles. The molecule has 0 atom stereocenters. The van der Waals surface area contributed by atoms with Crippen molar-refractivity contribution < 1.29 is 14.3 Å². The standard InChI is InChI=1S/C15H16N4O3.ClH/c1-22-15(21)9-2-4-10(5-3-9)17-14(20)13-11-8-16-7-6-12(11)18-19-13;/h2-5,16H,6-8H2,1H3,(H,17,20)(H,18,19);1H. The van der Waals surface area contributed by atoms with Crippen molar-refractivity contribution in [1.82, 2.24) is 15.5 Å². The van der Waals surface area contributed by atoms with E-state index in [0.29, 0.717) is 23.5 Å². The van der Waals surface area contributed by atoms with Gasteiger partial charge in [-0.3, -0.25) is 9.89 Å². The molecule has 7 nitrogen and oxygen atoms in total. The van der Waals surface area contributed by atoms with E-state index in [1.165, 1.54) is 7.11 Å². The third-order valence-electron chi connectivity index (χ3n) is 3.59. The highest BCUT2D eigenvalue weighted by atomic mass is 35.5. The summed E-state index contributed by atoms with van der Waals surface area (Å²) in [6, 6.07) is 6.51. The molecule has 122 valence electrons. The molecule has 1 aliphatic heterocycles. The molecule has 0 bridgehead atoms. The highest BCUT2D eigenvalue weighted by Crippen LogP contribution is 2.17. The first-order valence-electron chi connectivity index (χ1n) is 6.95. The Kier molecular flexibility index (Phi) is 5.36. The first kappa shape index (κ1) is 17.0. The van der Waals surface area contributed by atoms with Crippen LogP contribution < -0.4 is 10.6 Å². The Hall–Kier alpha value is -2.38. The average molecular weight is 337 g/mol. The molecule has 3 N–H and O–H groups in total. The second-order valence-electron chi connectivity index (χ2n) is 4.98. The predicted octanol–water partition coefficient (Wildman–Crippen LogP) is 1.52. The molecular formula is C15H17ClN4O3. The van der Waals surface area contributed by atoms with Gasteiger partial charge in [-0.1, -0.05) is 0 Å². The molecular weight excluding hydrogens is 320 g/mol. The molecule has 1 amide bonds. The van der Waals surface area contributed by atoms with Crippen molar-refractivity contribution in [1.29, 1.82) is 0 Å². The number of carbonyl (C=O) groups excluding carboxylic acids is 2. The number of aromatic nitrogens is 2. The Morgan fingerprint density at radius 1 is 1.26 bits per heavy atom. The van der Waals surface area contributed by atoms with Gasteiger partial charge in [-0.05, 0) is 24.3 Å². The highest BCUT2D eigenvalue weighted by molar-refractivity contribution is 6.04. The first-order valence-corrected chi connectivity index (χ1v) is 6.95. The molecule has 1 aromatic heterocycles. The number of amides is 1. The lowest BCUT2D eigenvalue weighted by molar-refractivity contribution is 0.0600. The van der Waals surface area contributed by atoms with Crippen molar-refractivity contribution in [2.24, 2.45) is 0 Å². The number of nitrogens with one attached hydrogen (secondary N) is 3. The van der Waals surface area contributed by atoms with Gasteiger partial charge in [-0.25, -0.2) is 4.79 Å². The van der Waals surface area contributed by atoms with Crippen LogP contribution in [0.3, 0.4) is 0 Å². The smallest absolute Gasteiger partial charge is 0.337 e. The fourth-order valence-electron chi connectivity index (χ4n) is 2.41. The van der Waals surface area contributed by atoms with E-state index in [9.17, 15) is 9.59 Å². The van der Waals surface area contributed by atoms with E-state index in [-0.39, 0.29) is 18.3 Å². The van der Waals surface area contributed by atoms with Gasteiger partial charge < -0.3 is 15.4 Å². The summed E-state index contributed by atoms with van der Waals surface area (Å²) >= 11 is 0. The highest BCUT2D eigenvalue weighted by Gasteiger charge is 2.21. The number of rotatable bonds is 3. The Morgan fingerprint density at radius 3 is 2.70 bits per heavy atom. The number of hydrogen-bond donors (Lipinski definition) is 3. The molecule has 8 heteroatoms. The van der Waals surface area contributed by atoms with Crippen LogP contribution in [0.15, 0.2) is 24.3 Å². The molecule has 0 fully saturated rings. The molecule has 3 rings (SSSR count). The number of benzene rings is 1. The molecule has 0 saturated heterocycles. The van der Waals surface area contributed by atoms with Crippen LogP contribution in [-0.2, 0) is 17.7 Å². The summed E-state index contributed by atoms with van der Waals surface area (Å²) in [6.07, 6.45) is 0.837. The fraction of sp³-hybridized carbons (Fsp3) is 0.267. The quantitative estimate of drug-likeness (QED) is 0.738. The summed E-state index contributed by atoms with van der Waals surface area (Å²) in [6.45, 7) is 1.51. The number of fused-ring (bicyclic) bond motifs is 1. The van der Waals surface area contributed by atoms with Crippen molar-refractivity contribution in [3.05, 3.63) is 46.8 Å². The number of aromatic amines is 1. The van der Waals surface area contributed by atoms with Gasteiger partial charge in [-0.2, -0.15) is 5.10 Å². The van der Waals surface area contributed by atoms with Gasteiger partial charge in [0.2, 0.25) is 0 Å². The van der Waals surface area contributed by atoms with E-state index < -0.39 is 5.97 Å². The average Bonchev–Trinajstić information content (AvgIpc) is 2.99. The summed E-state index contributed by atoms with van der Waals surface area (Å²) in [5.74, 6) is -0.683. The van der Waals surface area contributed by atoms with Crippen molar-refractivity contribution in [3.63, 3.8) is 0 Å². The largest absolute Gasteiger partial charge is 0.465 e. The normalized spacial score (nSPS) is 12.7. The number of hydrogen-bond acceptors (Lipinski definition) is 5. The molecule has 0 aliphatic carbocycles. The van der Waals surface area contributed by atoms with Crippen LogP contribution >= 0.6 is 12.4 Å². The SMILES string of the molecule is COC(=O)c1ccc(NC(=O)c2n[nH]c3c2CNCC3)cc1.Cl. The zero-order valence-electron chi connectivity index (χ0n) is 12.5. The molecule has 0 radical (unpaired) electrons. The molecule has 23 heavy (non-hydrogen) atoms. The number of H-pyrrole nitrogens is 1. The van der Waals surface area contributed by atoms with E-state index >= 15 is 0 Å². The zero-order chi connectivity index (χ0) is 15.5. The third kappa shape index (κ3) is 3.52. The van der Waals surface area contributed by atoms with E-state index in [0.717, 1.165) is 24.2 Å². The molecule has 0 unspecified atom stereocenters. The second kappa shape index (κ2) is 7.26. The number of nitrogens with zero attached hydrogens (tertiary/aromatic N) is 1. The van der Waals surface area contributed by atoms with Crippen molar-refractivity contribution in [2.45, 2.75) is 13.0 Å². The van der Waals surface area contributed by atoms with Crippen LogP contribution in [-0.4, -0.2) is 35.7 Å². The number of ether oxygens (including phenoxy) is 1. The maximum absolute atomic E-state index is 12.3. The summed E-state index contributed by atoms with van der Waals surface area (Å²) in [5.41, 5.74) is 3.35. The molecule has 0 spiro atoms. The topological polar surface area (TPSA) is 96.1 Å². The molecule has 2 aromatic rings. The Labute approximate surface area is 139 Å². The second-order valence-corrected chi connectivity index (χ2v) is 4.98. The van der Waals surface area contributed by atoms with Gasteiger partial charge in [-0.15, -0.1) is 12.4 Å². The minimum atomic E-state index is -0.412. The fourth-order valence-corrected chi connectivity index (χ4v) is 2.41. The van der Waals surface area contributed by atoms with Crippen molar-refractivity contribution in [3.8, 4) is 0 Å². The van der Waals surface area contributed by atoms with Crippen LogP contribution in [0.25, 0.3) is 0 Å². The lowest BCUT2D eigenvalue weighted by atomic mass is 10.1. The number of halogens is 1.